The van der Waals surface area contributed by atoms with Crippen molar-refractivity contribution >= 4 is 5.97 Å². The number of piperidine rings is 1. The summed E-state index contributed by atoms with van der Waals surface area (Å²) in [6, 6.07) is 0. The van der Waals surface area contributed by atoms with Gasteiger partial charge < -0.3 is 19.3 Å². The molecule has 0 spiro atoms. The highest BCUT2D eigenvalue weighted by Gasteiger charge is 2.19. The summed E-state index contributed by atoms with van der Waals surface area (Å²) >= 11 is 0. The van der Waals surface area contributed by atoms with E-state index in [0.29, 0.717) is 0 Å². The van der Waals surface area contributed by atoms with Gasteiger partial charge in [0.15, 0.2) is 0 Å². The molecule has 2 rings (SSSR count). The minimum atomic E-state index is -0.891. The Morgan fingerprint density at radius 1 is 1.39 bits per heavy atom. The monoisotopic (exact) mass is 253 g/mol. The van der Waals surface area contributed by atoms with Crippen LogP contribution in [0.2, 0.25) is 0 Å². The first-order valence-electron chi connectivity index (χ1n) is 6.25. The zero-order valence-corrected chi connectivity index (χ0v) is 10.4. The van der Waals surface area contributed by atoms with Crippen LogP contribution in [0.15, 0.2) is 18.7 Å². The molecule has 6 nitrogen and oxygen atoms in total. The SMILES string of the molecule is O=C(O)COC1CCN(CCn2ccnc2)CC1. The molecule has 18 heavy (non-hydrogen) atoms. The first-order valence-corrected chi connectivity index (χ1v) is 6.25. The molecule has 0 atom stereocenters. The molecule has 0 radical (unpaired) electrons. The third-order valence-corrected chi connectivity index (χ3v) is 3.21. The van der Waals surface area contributed by atoms with Crippen molar-refractivity contribution < 1.29 is 14.6 Å². The average molecular weight is 253 g/mol. The number of hydrogen-bond acceptors (Lipinski definition) is 4. The van der Waals surface area contributed by atoms with E-state index in [1.165, 1.54) is 0 Å². The van der Waals surface area contributed by atoms with Crippen LogP contribution in [0.1, 0.15) is 12.8 Å². The lowest BCUT2D eigenvalue weighted by molar-refractivity contribution is -0.145. The van der Waals surface area contributed by atoms with Crippen LogP contribution in [0.3, 0.4) is 0 Å². The van der Waals surface area contributed by atoms with Crippen LogP contribution in [0, 0.1) is 0 Å². The Balaban J connectivity index is 1.62. The van der Waals surface area contributed by atoms with E-state index < -0.39 is 5.97 Å². The number of ether oxygens (including phenoxy) is 1. The summed E-state index contributed by atoms with van der Waals surface area (Å²) < 4.78 is 7.36. The van der Waals surface area contributed by atoms with Crippen LogP contribution < -0.4 is 0 Å². The van der Waals surface area contributed by atoms with Gasteiger partial charge >= 0.3 is 5.97 Å². The van der Waals surface area contributed by atoms with E-state index in [4.69, 9.17) is 9.84 Å². The number of likely N-dealkylation sites (tertiary alicyclic amines) is 1. The molecule has 0 aliphatic carbocycles. The maximum absolute atomic E-state index is 10.4. The van der Waals surface area contributed by atoms with E-state index in [-0.39, 0.29) is 12.7 Å². The standard InChI is InChI=1S/C12H19N3O3/c16-12(17)9-18-11-1-4-14(5-2-11)7-8-15-6-3-13-10-15/h3,6,10-11H,1-2,4-5,7-9H2,(H,16,17). The predicted molar refractivity (Wildman–Crippen MR) is 65.3 cm³/mol. The van der Waals surface area contributed by atoms with Gasteiger partial charge in [0.05, 0.1) is 12.4 Å². The number of aliphatic carboxylic acids is 1. The van der Waals surface area contributed by atoms with Crippen molar-refractivity contribution in [2.75, 3.05) is 26.2 Å². The molecule has 0 unspecified atom stereocenters. The van der Waals surface area contributed by atoms with Crippen LogP contribution in [0.4, 0.5) is 0 Å². The van der Waals surface area contributed by atoms with Gasteiger partial charge in [0.2, 0.25) is 0 Å². The van der Waals surface area contributed by atoms with E-state index in [2.05, 4.69) is 14.5 Å². The van der Waals surface area contributed by atoms with Crippen molar-refractivity contribution in [1.29, 1.82) is 0 Å². The van der Waals surface area contributed by atoms with E-state index >= 15 is 0 Å². The number of nitrogens with zero attached hydrogens (tertiary/aromatic N) is 3. The molecule has 1 aliphatic heterocycles. The number of carboxylic acids is 1. The molecule has 1 aromatic rings. The molecule has 100 valence electrons. The molecule has 0 bridgehead atoms. The highest BCUT2D eigenvalue weighted by Crippen LogP contribution is 2.13. The summed E-state index contributed by atoms with van der Waals surface area (Å²) in [5.41, 5.74) is 0. The van der Waals surface area contributed by atoms with Crippen LogP contribution in [-0.2, 0) is 16.1 Å². The maximum atomic E-state index is 10.4. The van der Waals surface area contributed by atoms with Crippen molar-refractivity contribution in [1.82, 2.24) is 14.5 Å². The molecule has 1 aliphatic rings. The summed E-state index contributed by atoms with van der Waals surface area (Å²) in [6.45, 7) is 3.71. The summed E-state index contributed by atoms with van der Waals surface area (Å²) in [6.07, 6.45) is 7.50. The summed E-state index contributed by atoms with van der Waals surface area (Å²) in [4.78, 5) is 16.8. The quantitative estimate of drug-likeness (QED) is 0.797. The molecular formula is C12H19N3O3. The highest BCUT2D eigenvalue weighted by molar-refractivity contribution is 5.68. The Labute approximate surface area is 106 Å². The minimum absolute atomic E-state index is 0.102. The lowest BCUT2D eigenvalue weighted by Crippen LogP contribution is -2.39. The van der Waals surface area contributed by atoms with Crippen LogP contribution in [-0.4, -0.2) is 57.9 Å². The van der Waals surface area contributed by atoms with Crippen molar-refractivity contribution in [3.05, 3.63) is 18.7 Å². The van der Waals surface area contributed by atoms with Crippen molar-refractivity contribution in [2.24, 2.45) is 0 Å². The molecule has 1 aromatic heterocycles. The number of rotatable bonds is 6. The Morgan fingerprint density at radius 2 is 2.17 bits per heavy atom. The van der Waals surface area contributed by atoms with Crippen molar-refractivity contribution in [2.45, 2.75) is 25.5 Å². The fraction of sp³-hybridized carbons (Fsp3) is 0.667. The molecular weight excluding hydrogens is 234 g/mol. The number of carbonyl (C=O) groups is 1. The van der Waals surface area contributed by atoms with Crippen LogP contribution >= 0.6 is 0 Å². The van der Waals surface area contributed by atoms with Gasteiger partial charge in [-0.1, -0.05) is 0 Å². The van der Waals surface area contributed by atoms with Gasteiger partial charge in [-0.2, -0.15) is 0 Å². The van der Waals surface area contributed by atoms with Gasteiger partial charge in [-0.05, 0) is 12.8 Å². The fourth-order valence-electron chi connectivity index (χ4n) is 2.16. The predicted octanol–water partition coefficient (Wildman–Crippen LogP) is 0.449. The third kappa shape index (κ3) is 4.12. The Hall–Kier alpha value is -1.40. The van der Waals surface area contributed by atoms with Gasteiger partial charge in [0, 0.05) is 38.6 Å². The average Bonchev–Trinajstić information content (AvgIpc) is 2.88. The van der Waals surface area contributed by atoms with E-state index in [1.54, 1.807) is 6.20 Å². The first kappa shape index (κ1) is 13.0. The van der Waals surface area contributed by atoms with Gasteiger partial charge in [0.25, 0.3) is 0 Å². The van der Waals surface area contributed by atoms with Gasteiger partial charge in [0.1, 0.15) is 6.61 Å². The smallest absolute Gasteiger partial charge is 0.329 e. The summed E-state index contributed by atoms with van der Waals surface area (Å²) in [5.74, 6) is -0.891. The van der Waals surface area contributed by atoms with Gasteiger partial charge in [-0.15, -0.1) is 0 Å². The molecule has 0 aromatic carbocycles. The second-order valence-electron chi connectivity index (χ2n) is 4.55. The lowest BCUT2D eigenvalue weighted by Gasteiger charge is -2.31. The molecule has 0 saturated carbocycles. The zero-order chi connectivity index (χ0) is 12.8. The minimum Gasteiger partial charge on any atom is -0.480 e. The second-order valence-corrected chi connectivity index (χ2v) is 4.55. The number of hydrogen-bond donors (Lipinski definition) is 1. The van der Waals surface area contributed by atoms with Crippen molar-refractivity contribution in [3.63, 3.8) is 0 Å². The van der Waals surface area contributed by atoms with Gasteiger partial charge in [-0.3, -0.25) is 0 Å². The van der Waals surface area contributed by atoms with Crippen molar-refractivity contribution in [3.8, 4) is 0 Å². The summed E-state index contributed by atoms with van der Waals surface area (Å²) in [5, 5.41) is 8.54. The molecule has 1 N–H and O–H groups in total. The van der Waals surface area contributed by atoms with E-state index in [9.17, 15) is 4.79 Å². The van der Waals surface area contributed by atoms with E-state index in [0.717, 1.165) is 39.0 Å². The van der Waals surface area contributed by atoms with Crippen LogP contribution in [0.25, 0.3) is 0 Å². The highest BCUT2D eigenvalue weighted by atomic mass is 16.5. The Kier molecular flexibility index (Phi) is 4.72. The van der Waals surface area contributed by atoms with Gasteiger partial charge in [-0.25, -0.2) is 9.78 Å². The zero-order valence-electron chi connectivity index (χ0n) is 10.4. The number of carboxylic acid groups (broad SMARTS) is 1. The maximum Gasteiger partial charge on any atom is 0.329 e. The molecule has 1 saturated heterocycles. The number of aromatic nitrogens is 2. The largest absolute Gasteiger partial charge is 0.480 e. The first-order chi connectivity index (χ1) is 8.74. The third-order valence-electron chi connectivity index (χ3n) is 3.21. The second kappa shape index (κ2) is 6.51. The molecule has 1 fully saturated rings. The Bertz CT molecular complexity index is 359. The summed E-state index contributed by atoms with van der Waals surface area (Å²) in [7, 11) is 0. The molecule has 6 heteroatoms. The van der Waals surface area contributed by atoms with Crippen LogP contribution in [0.5, 0.6) is 0 Å². The lowest BCUT2D eigenvalue weighted by atomic mass is 10.1. The Morgan fingerprint density at radius 3 is 2.78 bits per heavy atom. The van der Waals surface area contributed by atoms with E-state index in [1.807, 2.05) is 12.5 Å². The molecule has 0 amide bonds. The fourth-order valence-corrected chi connectivity index (χ4v) is 2.16. The number of imidazole rings is 1. The molecule has 2 heterocycles. The normalized spacial score (nSPS) is 18.0. The topological polar surface area (TPSA) is 67.6 Å².